The van der Waals surface area contributed by atoms with Crippen molar-refractivity contribution in [3.05, 3.63) is 20.8 Å². The van der Waals surface area contributed by atoms with Crippen LogP contribution in [0.3, 0.4) is 0 Å². The van der Waals surface area contributed by atoms with Gasteiger partial charge in [0.1, 0.15) is 0 Å². The van der Waals surface area contributed by atoms with Gasteiger partial charge < -0.3 is 26.2 Å². The van der Waals surface area contributed by atoms with Gasteiger partial charge in [-0.05, 0) is 0 Å². The van der Waals surface area contributed by atoms with Gasteiger partial charge >= 0.3 is 21.7 Å². The Labute approximate surface area is 126 Å². The Kier molecular flexibility index (Phi) is 78.8. The van der Waals surface area contributed by atoms with Gasteiger partial charge in [-0.1, -0.05) is 59.3 Å². The van der Waals surface area contributed by atoms with Gasteiger partial charge in [0, 0.05) is 0 Å². The molecule has 17 heavy (non-hydrogen) atoms. The molecular formula is C15H35OTi. The second kappa shape index (κ2) is 43.8. The van der Waals surface area contributed by atoms with Crippen LogP contribution in [0, 0.1) is 20.8 Å². The molecule has 0 amide bonds. The molecule has 0 unspecified atom stereocenters. The second-order valence-electron chi connectivity index (χ2n) is 3.62. The van der Waals surface area contributed by atoms with Crippen molar-refractivity contribution in [1.29, 1.82) is 0 Å². The van der Waals surface area contributed by atoms with E-state index in [1.807, 2.05) is 0 Å². The van der Waals surface area contributed by atoms with Crippen LogP contribution in [0.2, 0.25) is 0 Å². The molecule has 0 saturated heterocycles. The number of unbranched alkanes of at least 4 members (excludes halogenated alkanes) is 6. The largest absolute Gasteiger partial charge is 3.00 e. The van der Waals surface area contributed by atoms with Crippen molar-refractivity contribution < 1.29 is 27.2 Å². The zero-order valence-electron chi connectivity index (χ0n) is 12.5. The molecule has 0 aromatic rings. The van der Waals surface area contributed by atoms with Crippen molar-refractivity contribution >= 4 is 0 Å². The molecule has 0 atom stereocenters. The summed E-state index contributed by atoms with van der Waals surface area (Å²) in [6.45, 7) is 17.5. The van der Waals surface area contributed by atoms with Crippen LogP contribution in [0.5, 0.6) is 0 Å². The molecule has 0 saturated carbocycles. The fourth-order valence-corrected chi connectivity index (χ4v) is 0.750. The third-order valence-corrected chi connectivity index (χ3v) is 1.81. The maximum atomic E-state index is 3.68. The first kappa shape index (κ1) is 30.6. The Hall–Kier alpha value is 0.674. The van der Waals surface area contributed by atoms with E-state index in [-0.39, 0.29) is 27.2 Å². The van der Waals surface area contributed by atoms with Crippen LogP contribution in [-0.2, 0) is 21.7 Å². The second-order valence-corrected chi connectivity index (χ2v) is 3.62. The maximum absolute atomic E-state index is 3.68. The molecule has 0 aliphatic carbocycles. The van der Waals surface area contributed by atoms with E-state index in [4.69, 9.17) is 0 Å². The summed E-state index contributed by atoms with van der Waals surface area (Å²) in [6.07, 6.45) is 11.0. The van der Waals surface area contributed by atoms with Crippen LogP contribution in [0.4, 0.5) is 0 Å². The summed E-state index contributed by atoms with van der Waals surface area (Å²) in [5.74, 6) is 0. The summed E-state index contributed by atoms with van der Waals surface area (Å²) >= 11 is 0. The normalized spacial score (nSPS) is 7.41. The van der Waals surface area contributed by atoms with E-state index in [0.717, 1.165) is 19.3 Å². The maximum Gasteiger partial charge on any atom is 3.00 e. The molecule has 2 heteroatoms. The van der Waals surface area contributed by atoms with Crippen molar-refractivity contribution in [3.8, 4) is 0 Å². The molecule has 0 fully saturated rings. The van der Waals surface area contributed by atoms with Crippen LogP contribution < -0.4 is 0 Å². The monoisotopic (exact) mass is 279 g/mol. The molecule has 0 aliphatic rings. The Morgan fingerprint density at radius 1 is 0.588 bits per heavy atom. The fraction of sp³-hybridized carbons (Fsp3) is 0.800. The van der Waals surface area contributed by atoms with Gasteiger partial charge in [0.25, 0.3) is 0 Å². The first-order valence-corrected chi connectivity index (χ1v) is 6.62. The van der Waals surface area contributed by atoms with E-state index in [0.29, 0.717) is 0 Å². The topological polar surface area (TPSA) is 31.5 Å². The van der Waals surface area contributed by atoms with E-state index in [2.05, 4.69) is 41.5 Å². The fourth-order valence-electron chi connectivity index (χ4n) is 0.750. The average Bonchev–Trinajstić information content (AvgIpc) is 2.23. The van der Waals surface area contributed by atoms with Gasteiger partial charge in [-0.15, -0.1) is 0 Å². The summed E-state index contributed by atoms with van der Waals surface area (Å²) in [4.78, 5) is 0. The molecule has 0 aliphatic heterocycles. The zero-order valence-corrected chi connectivity index (χ0v) is 14.0. The predicted octanol–water partition coefficient (Wildman–Crippen LogP) is 5.20. The van der Waals surface area contributed by atoms with E-state index in [1.54, 1.807) is 0 Å². The summed E-state index contributed by atoms with van der Waals surface area (Å²) in [6, 6.07) is 0. The Morgan fingerprint density at radius 3 is 0.765 bits per heavy atom. The SMILES string of the molecule is O.[CH2-]CCCC.[CH2-]CCCC.[CH2-]CCCC.[Ti+3]. The quantitative estimate of drug-likeness (QED) is 0.472. The molecule has 0 aromatic heterocycles. The number of hydrogen-bond acceptors (Lipinski definition) is 0. The molecule has 0 rings (SSSR count). The standard InChI is InChI=1S/3C5H11.H2O.Ti/c3*1-3-5-4-2;;/h3*1,3-5H2,2H3;1H2;/q3*-1;;+3. The predicted molar refractivity (Wildman–Crippen MR) is 78.3 cm³/mol. The number of rotatable bonds is 6. The molecule has 2 N–H and O–H groups in total. The summed E-state index contributed by atoms with van der Waals surface area (Å²) in [7, 11) is 0. The van der Waals surface area contributed by atoms with Crippen LogP contribution in [0.1, 0.15) is 78.6 Å². The van der Waals surface area contributed by atoms with Crippen molar-refractivity contribution in [2.75, 3.05) is 0 Å². The first-order chi connectivity index (χ1) is 7.24. The minimum absolute atomic E-state index is 0. The van der Waals surface area contributed by atoms with Gasteiger partial charge in [-0.25, -0.2) is 0 Å². The molecular weight excluding hydrogens is 244 g/mol. The van der Waals surface area contributed by atoms with Gasteiger partial charge in [-0.3, -0.25) is 0 Å². The van der Waals surface area contributed by atoms with Crippen molar-refractivity contribution in [2.24, 2.45) is 0 Å². The Morgan fingerprint density at radius 2 is 0.765 bits per heavy atom. The molecule has 1 nitrogen and oxygen atoms in total. The number of hydrogen-bond donors (Lipinski definition) is 0. The zero-order chi connectivity index (χ0) is 12.4. The average molecular weight is 279 g/mol. The van der Waals surface area contributed by atoms with Crippen molar-refractivity contribution in [1.82, 2.24) is 0 Å². The molecule has 0 bridgehead atoms. The van der Waals surface area contributed by atoms with E-state index in [1.165, 1.54) is 38.5 Å². The van der Waals surface area contributed by atoms with Crippen LogP contribution in [-0.4, -0.2) is 5.48 Å². The first-order valence-electron chi connectivity index (χ1n) is 6.62. The molecule has 0 heterocycles. The minimum Gasteiger partial charge on any atom is -0.412 e. The van der Waals surface area contributed by atoms with Gasteiger partial charge in [0.05, 0.1) is 0 Å². The van der Waals surface area contributed by atoms with Gasteiger partial charge in [0.2, 0.25) is 0 Å². The van der Waals surface area contributed by atoms with E-state index < -0.39 is 0 Å². The smallest absolute Gasteiger partial charge is 0.412 e. The summed E-state index contributed by atoms with van der Waals surface area (Å²) in [5, 5.41) is 0. The molecule has 1 radical (unpaired) electrons. The minimum atomic E-state index is 0. The van der Waals surface area contributed by atoms with E-state index >= 15 is 0 Å². The summed E-state index contributed by atoms with van der Waals surface area (Å²) < 4.78 is 0. The van der Waals surface area contributed by atoms with Crippen molar-refractivity contribution in [2.45, 2.75) is 78.6 Å². The molecule has 0 spiro atoms. The Balaban J connectivity index is -0.0000000400. The van der Waals surface area contributed by atoms with Crippen LogP contribution in [0.25, 0.3) is 0 Å². The third-order valence-electron chi connectivity index (χ3n) is 1.81. The molecule has 0 aromatic carbocycles. The van der Waals surface area contributed by atoms with Crippen molar-refractivity contribution in [3.63, 3.8) is 0 Å². The van der Waals surface area contributed by atoms with Gasteiger partial charge in [-0.2, -0.15) is 19.3 Å². The van der Waals surface area contributed by atoms with Crippen LogP contribution >= 0.6 is 0 Å². The Bertz CT molecular complexity index is 47.7. The third kappa shape index (κ3) is 80.6. The van der Waals surface area contributed by atoms with Gasteiger partial charge in [0.15, 0.2) is 0 Å². The molecule has 105 valence electrons. The van der Waals surface area contributed by atoms with Crippen LogP contribution in [0.15, 0.2) is 0 Å². The summed E-state index contributed by atoms with van der Waals surface area (Å²) in [5.41, 5.74) is 0. The van der Waals surface area contributed by atoms with E-state index in [9.17, 15) is 0 Å².